The molecule has 0 atom stereocenters. The molecule has 3 nitrogen and oxygen atoms in total. The number of allylic oxidation sites excluding steroid dienone is 2. The van der Waals surface area contributed by atoms with Crippen molar-refractivity contribution in [2.75, 3.05) is 0 Å². The van der Waals surface area contributed by atoms with E-state index >= 15 is 0 Å². The third-order valence-corrected chi connectivity index (χ3v) is 3.29. The lowest BCUT2D eigenvalue weighted by atomic mass is 10.1. The highest BCUT2D eigenvalue weighted by molar-refractivity contribution is 6.11. The number of carbonyl (C=O) groups is 1. The lowest BCUT2D eigenvalue weighted by molar-refractivity contribution is -0.130. The van der Waals surface area contributed by atoms with E-state index in [1.54, 1.807) is 6.08 Å². The summed E-state index contributed by atoms with van der Waals surface area (Å²) in [5.74, 6) is -2.30. The second kappa shape index (κ2) is 6.58. The van der Waals surface area contributed by atoms with Crippen LogP contribution in [0, 0.1) is 11.6 Å². The fraction of sp³-hybridized carbons (Fsp3) is 0.0526. The Bertz CT molecular complexity index is 863. The van der Waals surface area contributed by atoms with Crippen molar-refractivity contribution in [3.8, 4) is 0 Å². The maximum absolute atomic E-state index is 13.3. The Morgan fingerprint density at radius 1 is 1.08 bits per heavy atom. The van der Waals surface area contributed by atoms with Crippen molar-refractivity contribution in [3.63, 3.8) is 0 Å². The van der Waals surface area contributed by atoms with Crippen LogP contribution in [0.25, 0.3) is 6.08 Å². The van der Waals surface area contributed by atoms with Crippen LogP contribution in [-0.2, 0) is 9.53 Å². The Hall–Kier alpha value is -3.08. The van der Waals surface area contributed by atoms with Gasteiger partial charge < -0.3 is 4.74 Å². The Morgan fingerprint density at radius 2 is 1.75 bits per heavy atom. The number of rotatable bonds is 3. The van der Waals surface area contributed by atoms with Crippen LogP contribution in [0.4, 0.5) is 8.78 Å². The molecule has 0 aliphatic carbocycles. The van der Waals surface area contributed by atoms with E-state index in [1.165, 1.54) is 0 Å². The van der Waals surface area contributed by atoms with Gasteiger partial charge in [0.15, 0.2) is 5.70 Å². The van der Waals surface area contributed by atoms with Crippen LogP contribution in [0.5, 0.6) is 0 Å². The number of ether oxygens (including phenoxy) is 1. The first-order chi connectivity index (χ1) is 11.5. The van der Waals surface area contributed by atoms with Gasteiger partial charge in [-0.05, 0) is 36.3 Å². The number of nitrogens with zero attached hydrogens (tertiary/aromatic N) is 1. The molecule has 0 N–H and O–H groups in total. The Morgan fingerprint density at radius 3 is 2.42 bits per heavy atom. The highest BCUT2D eigenvalue weighted by Crippen LogP contribution is 2.20. The van der Waals surface area contributed by atoms with Crippen molar-refractivity contribution in [3.05, 3.63) is 88.6 Å². The fourth-order valence-corrected chi connectivity index (χ4v) is 2.28. The zero-order chi connectivity index (χ0) is 17.1. The topological polar surface area (TPSA) is 38.7 Å². The zero-order valence-electron chi connectivity index (χ0n) is 12.8. The average Bonchev–Trinajstić information content (AvgIpc) is 2.88. The van der Waals surface area contributed by atoms with Crippen LogP contribution in [0.1, 0.15) is 18.1 Å². The van der Waals surface area contributed by atoms with Crippen molar-refractivity contribution in [2.24, 2.45) is 4.99 Å². The summed E-state index contributed by atoms with van der Waals surface area (Å²) in [6, 6.07) is 12.4. The molecular weight excluding hydrogens is 312 g/mol. The van der Waals surface area contributed by atoms with Crippen LogP contribution in [0.3, 0.4) is 0 Å². The van der Waals surface area contributed by atoms with Crippen molar-refractivity contribution in [1.82, 2.24) is 0 Å². The summed E-state index contributed by atoms with van der Waals surface area (Å²) in [5, 5.41) is 0. The normalized spacial score (nSPS) is 16.3. The molecule has 0 amide bonds. The molecule has 3 rings (SSSR count). The number of hydrogen-bond donors (Lipinski definition) is 0. The number of hydrogen-bond acceptors (Lipinski definition) is 3. The van der Waals surface area contributed by atoms with Crippen LogP contribution >= 0.6 is 0 Å². The third kappa shape index (κ3) is 3.63. The van der Waals surface area contributed by atoms with E-state index in [1.807, 2.05) is 43.3 Å². The Labute approximate surface area is 137 Å². The smallest absolute Gasteiger partial charge is 0.363 e. The maximum atomic E-state index is 13.3. The van der Waals surface area contributed by atoms with Gasteiger partial charge in [-0.15, -0.1) is 0 Å². The summed E-state index contributed by atoms with van der Waals surface area (Å²) in [6.45, 7) is 1.82. The Balaban J connectivity index is 1.90. The molecule has 0 radical (unpaired) electrons. The van der Waals surface area contributed by atoms with Gasteiger partial charge >= 0.3 is 5.97 Å². The minimum Gasteiger partial charge on any atom is -0.402 e. The second-order valence-electron chi connectivity index (χ2n) is 5.29. The molecule has 0 unspecified atom stereocenters. The molecule has 1 aliphatic rings. The first-order valence-electron chi connectivity index (χ1n) is 7.23. The summed E-state index contributed by atoms with van der Waals surface area (Å²) in [5.41, 5.74) is 1.94. The van der Waals surface area contributed by atoms with E-state index in [4.69, 9.17) is 4.74 Å². The first kappa shape index (κ1) is 15.8. The van der Waals surface area contributed by atoms with Crippen LogP contribution in [-0.4, -0.2) is 11.9 Å². The quantitative estimate of drug-likeness (QED) is 0.625. The molecule has 1 aliphatic heterocycles. The monoisotopic (exact) mass is 325 g/mol. The van der Waals surface area contributed by atoms with Gasteiger partial charge in [-0.3, -0.25) is 0 Å². The molecule has 2 aromatic carbocycles. The largest absolute Gasteiger partial charge is 0.402 e. The molecular formula is C19H13F2NO2. The molecule has 1 heterocycles. The van der Waals surface area contributed by atoms with Gasteiger partial charge in [0.1, 0.15) is 11.6 Å². The summed E-state index contributed by atoms with van der Waals surface area (Å²) >= 11 is 0. The highest BCUT2D eigenvalue weighted by Gasteiger charge is 2.24. The molecule has 0 saturated heterocycles. The molecule has 0 bridgehead atoms. The van der Waals surface area contributed by atoms with Crippen LogP contribution < -0.4 is 0 Å². The first-order valence-corrected chi connectivity index (χ1v) is 7.23. The molecule has 120 valence electrons. The average molecular weight is 325 g/mol. The predicted octanol–water partition coefficient (Wildman–Crippen LogP) is 4.26. The van der Waals surface area contributed by atoms with E-state index in [0.717, 1.165) is 29.3 Å². The number of aliphatic imine (C=N–C) groups is 1. The van der Waals surface area contributed by atoms with Gasteiger partial charge in [0.25, 0.3) is 0 Å². The van der Waals surface area contributed by atoms with E-state index < -0.39 is 17.6 Å². The van der Waals surface area contributed by atoms with E-state index in [-0.39, 0.29) is 17.2 Å². The number of benzene rings is 2. The SMILES string of the molecule is CC(=C\c1ccccc1)/C=C1/N=C(c2cc(F)cc(F)c2)OC1=O. The maximum Gasteiger partial charge on any atom is 0.363 e. The fourth-order valence-electron chi connectivity index (χ4n) is 2.28. The van der Waals surface area contributed by atoms with Crippen LogP contribution in [0.15, 0.2) is 70.9 Å². The van der Waals surface area contributed by atoms with E-state index in [9.17, 15) is 13.6 Å². The summed E-state index contributed by atoms with van der Waals surface area (Å²) in [4.78, 5) is 15.9. The van der Waals surface area contributed by atoms with Gasteiger partial charge in [0, 0.05) is 11.6 Å². The minimum absolute atomic E-state index is 0.0777. The van der Waals surface area contributed by atoms with Crippen molar-refractivity contribution in [2.45, 2.75) is 6.92 Å². The molecule has 0 spiro atoms. The van der Waals surface area contributed by atoms with Crippen molar-refractivity contribution < 1.29 is 18.3 Å². The minimum atomic E-state index is -0.763. The predicted molar refractivity (Wildman–Crippen MR) is 87.2 cm³/mol. The number of cyclic esters (lactones) is 1. The van der Waals surface area contributed by atoms with Crippen molar-refractivity contribution >= 4 is 17.9 Å². The lowest BCUT2D eigenvalue weighted by Gasteiger charge is -1.99. The van der Waals surface area contributed by atoms with Gasteiger partial charge in [-0.1, -0.05) is 36.4 Å². The third-order valence-electron chi connectivity index (χ3n) is 3.29. The molecule has 0 aromatic heterocycles. The lowest BCUT2D eigenvalue weighted by Crippen LogP contribution is -2.06. The highest BCUT2D eigenvalue weighted by atomic mass is 19.1. The van der Waals surface area contributed by atoms with Crippen LogP contribution in [0.2, 0.25) is 0 Å². The number of esters is 1. The summed E-state index contributed by atoms with van der Waals surface area (Å²) in [6.07, 6.45) is 3.45. The standard InChI is InChI=1S/C19H13F2NO2/c1-12(7-13-5-3-2-4-6-13)8-17-19(23)24-18(22-17)14-9-15(20)11-16(21)10-14/h2-11H,1H3/b12-7+,17-8+. The summed E-state index contributed by atoms with van der Waals surface area (Å²) < 4.78 is 31.5. The van der Waals surface area contributed by atoms with Gasteiger partial charge in [0.2, 0.25) is 5.90 Å². The van der Waals surface area contributed by atoms with Gasteiger partial charge in [0.05, 0.1) is 0 Å². The molecule has 0 fully saturated rings. The summed E-state index contributed by atoms with van der Waals surface area (Å²) in [7, 11) is 0. The van der Waals surface area contributed by atoms with Crippen molar-refractivity contribution in [1.29, 1.82) is 0 Å². The second-order valence-corrected chi connectivity index (χ2v) is 5.29. The number of carbonyl (C=O) groups excluding carboxylic acids is 1. The molecule has 0 saturated carbocycles. The van der Waals surface area contributed by atoms with Gasteiger partial charge in [-0.25, -0.2) is 18.6 Å². The van der Waals surface area contributed by atoms with Gasteiger partial charge in [-0.2, -0.15) is 0 Å². The molecule has 2 aromatic rings. The van der Waals surface area contributed by atoms with E-state index in [2.05, 4.69) is 4.99 Å². The molecule has 5 heteroatoms. The Kier molecular flexibility index (Phi) is 4.33. The van der Waals surface area contributed by atoms with E-state index in [0.29, 0.717) is 0 Å². The number of halogens is 2. The zero-order valence-corrected chi connectivity index (χ0v) is 12.8. The molecule has 24 heavy (non-hydrogen) atoms.